The topological polar surface area (TPSA) is 67.3 Å². The molecule has 0 spiro atoms. The van der Waals surface area contributed by atoms with Crippen molar-refractivity contribution in [2.45, 2.75) is 20.3 Å². The highest BCUT2D eigenvalue weighted by molar-refractivity contribution is 6.05. The van der Waals surface area contributed by atoms with Crippen LogP contribution in [0.4, 0.5) is 11.4 Å². The Balaban J connectivity index is 1.59. The second-order valence-corrected chi connectivity index (χ2v) is 8.23. The summed E-state index contributed by atoms with van der Waals surface area (Å²) in [4.78, 5) is 23.7. The molecule has 0 atom stereocenters. The molecule has 2 heterocycles. The minimum atomic E-state index is -0.180. The van der Waals surface area contributed by atoms with E-state index >= 15 is 0 Å². The van der Waals surface area contributed by atoms with Gasteiger partial charge in [-0.15, -0.1) is 0 Å². The molecule has 6 nitrogen and oxygen atoms in total. The number of benzene rings is 2. The molecule has 0 saturated heterocycles. The lowest BCUT2D eigenvalue weighted by Gasteiger charge is -2.15. The van der Waals surface area contributed by atoms with Crippen molar-refractivity contribution in [2.75, 3.05) is 24.3 Å². The monoisotopic (exact) mass is 452 g/mol. The van der Waals surface area contributed by atoms with Gasteiger partial charge in [0.1, 0.15) is 5.75 Å². The molecule has 0 aliphatic carbocycles. The lowest BCUT2D eigenvalue weighted by Crippen LogP contribution is -2.14. The van der Waals surface area contributed by atoms with E-state index in [1.165, 1.54) is 0 Å². The number of anilines is 2. The van der Waals surface area contributed by atoms with Gasteiger partial charge in [-0.25, -0.2) is 4.98 Å². The zero-order valence-electron chi connectivity index (χ0n) is 19.9. The second-order valence-electron chi connectivity index (χ2n) is 8.23. The highest BCUT2D eigenvalue weighted by atomic mass is 16.5. The van der Waals surface area contributed by atoms with Crippen molar-refractivity contribution in [3.8, 4) is 22.8 Å². The minimum Gasteiger partial charge on any atom is -0.438 e. The van der Waals surface area contributed by atoms with Gasteiger partial charge in [0.15, 0.2) is 0 Å². The molecule has 2 aromatic heterocycles. The molecule has 0 saturated carbocycles. The molecule has 0 radical (unpaired) electrons. The molecule has 0 bridgehead atoms. The molecule has 2 aromatic carbocycles. The molecule has 0 aliphatic rings. The highest BCUT2D eigenvalue weighted by Gasteiger charge is 2.13. The van der Waals surface area contributed by atoms with Crippen molar-refractivity contribution in [3.05, 3.63) is 95.9 Å². The average Bonchev–Trinajstić information content (AvgIpc) is 2.86. The van der Waals surface area contributed by atoms with E-state index < -0.39 is 0 Å². The van der Waals surface area contributed by atoms with Crippen LogP contribution in [0.3, 0.4) is 0 Å². The van der Waals surface area contributed by atoms with Crippen molar-refractivity contribution in [3.63, 3.8) is 0 Å². The highest BCUT2D eigenvalue weighted by Crippen LogP contribution is 2.34. The zero-order valence-corrected chi connectivity index (χ0v) is 19.9. The van der Waals surface area contributed by atoms with Gasteiger partial charge in [0.05, 0.1) is 0 Å². The number of amides is 1. The van der Waals surface area contributed by atoms with E-state index in [2.05, 4.69) is 28.3 Å². The third-order valence-electron chi connectivity index (χ3n) is 5.54. The van der Waals surface area contributed by atoms with E-state index in [0.717, 1.165) is 34.5 Å². The van der Waals surface area contributed by atoms with E-state index in [4.69, 9.17) is 4.74 Å². The number of pyridine rings is 2. The maximum Gasteiger partial charge on any atom is 0.255 e. The molecular formula is C28H28N4O2. The first-order chi connectivity index (χ1) is 16.4. The number of rotatable bonds is 7. The lowest BCUT2D eigenvalue weighted by atomic mass is 10.1. The fourth-order valence-corrected chi connectivity index (χ4v) is 3.55. The van der Waals surface area contributed by atoms with Gasteiger partial charge in [0.2, 0.25) is 5.88 Å². The van der Waals surface area contributed by atoms with Gasteiger partial charge >= 0.3 is 0 Å². The van der Waals surface area contributed by atoms with Gasteiger partial charge in [0.25, 0.3) is 5.91 Å². The summed E-state index contributed by atoms with van der Waals surface area (Å²) in [6.45, 7) is 4.04. The number of hydrogen-bond acceptors (Lipinski definition) is 5. The molecule has 4 rings (SSSR count). The molecule has 4 aromatic rings. The van der Waals surface area contributed by atoms with Crippen molar-refractivity contribution < 1.29 is 9.53 Å². The summed E-state index contributed by atoms with van der Waals surface area (Å²) in [5.41, 5.74) is 6.03. The maximum absolute atomic E-state index is 12.9. The molecule has 6 heteroatoms. The fourth-order valence-electron chi connectivity index (χ4n) is 3.55. The summed E-state index contributed by atoms with van der Waals surface area (Å²) in [7, 11) is 3.89. The maximum atomic E-state index is 12.9. The number of hydrogen-bond donors (Lipinski definition) is 1. The number of carbonyl (C=O) groups is 1. The van der Waals surface area contributed by atoms with Crippen molar-refractivity contribution in [2.24, 2.45) is 0 Å². The van der Waals surface area contributed by atoms with Crippen LogP contribution >= 0.6 is 0 Å². The summed E-state index contributed by atoms with van der Waals surface area (Å²) >= 11 is 0. The summed E-state index contributed by atoms with van der Waals surface area (Å²) in [5.74, 6) is 0.950. The Kier molecular flexibility index (Phi) is 6.87. The standard InChI is InChI=1S/C28H28N4O2/c1-5-22-16-20(13-15-29-22)25-10-7-14-30-28(25)34-26-18-23(12-11-19(26)2)31-27(33)21-8-6-9-24(17-21)32(3)4/h6-18H,5H2,1-4H3,(H,31,33). The van der Waals surface area contributed by atoms with Crippen LogP contribution in [-0.2, 0) is 6.42 Å². The Morgan fingerprint density at radius 1 is 0.971 bits per heavy atom. The number of ether oxygens (including phenoxy) is 1. The molecule has 0 unspecified atom stereocenters. The van der Waals surface area contributed by atoms with Gasteiger partial charge in [-0.2, -0.15) is 0 Å². The van der Waals surface area contributed by atoms with Gasteiger partial charge in [-0.05, 0) is 73.0 Å². The van der Waals surface area contributed by atoms with Crippen LogP contribution in [-0.4, -0.2) is 30.0 Å². The summed E-state index contributed by atoms with van der Waals surface area (Å²) in [6.07, 6.45) is 4.36. The van der Waals surface area contributed by atoms with Crippen LogP contribution in [0.15, 0.2) is 79.1 Å². The number of nitrogens with one attached hydrogen (secondary N) is 1. The Morgan fingerprint density at radius 3 is 2.62 bits per heavy atom. The van der Waals surface area contributed by atoms with E-state index in [0.29, 0.717) is 22.9 Å². The molecule has 0 aliphatic heterocycles. The first-order valence-corrected chi connectivity index (χ1v) is 11.2. The van der Waals surface area contributed by atoms with Crippen molar-refractivity contribution in [1.29, 1.82) is 0 Å². The molecule has 1 N–H and O–H groups in total. The van der Waals surface area contributed by atoms with E-state index in [9.17, 15) is 4.79 Å². The summed E-state index contributed by atoms with van der Waals surface area (Å²) in [5, 5.41) is 2.97. The Bertz CT molecular complexity index is 1320. The predicted octanol–water partition coefficient (Wildman–Crippen LogP) is 6.13. The first kappa shape index (κ1) is 23.0. The quantitative estimate of drug-likeness (QED) is 0.366. The summed E-state index contributed by atoms with van der Waals surface area (Å²) in [6, 6.07) is 21.0. The number of aryl methyl sites for hydroxylation is 2. The third-order valence-corrected chi connectivity index (χ3v) is 5.54. The van der Waals surface area contributed by atoms with Gasteiger partial charge in [-0.1, -0.05) is 19.1 Å². The molecular weight excluding hydrogens is 424 g/mol. The van der Waals surface area contributed by atoms with Crippen LogP contribution < -0.4 is 15.0 Å². The largest absolute Gasteiger partial charge is 0.438 e. The lowest BCUT2D eigenvalue weighted by molar-refractivity contribution is 0.102. The number of carbonyl (C=O) groups excluding carboxylic acids is 1. The van der Waals surface area contributed by atoms with Crippen LogP contribution in [0, 0.1) is 6.92 Å². The zero-order chi connectivity index (χ0) is 24.1. The molecule has 0 fully saturated rings. The Morgan fingerprint density at radius 2 is 1.82 bits per heavy atom. The van der Waals surface area contributed by atoms with Gasteiger partial charge < -0.3 is 15.0 Å². The van der Waals surface area contributed by atoms with Crippen LogP contribution in [0.1, 0.15) is 28.5 Å². The molecule has 172 valence electrons. The van der Waals surface area contributed by atoms with Gasteiger partial charge in [0, 0.05) is 60.8 Å². The number of aromatic nitrogens is 2. The first-order valence-electron chi connectivity index (χ1n) is 11.2. The fraction of sp³-hybridized carbons (Fsp3) is 0.179. The smallest absolute Gasteiger partial charge is 0.255 e. The Labute approximate surface area is 200 Å². The molecule has 1 amide bonds. The molecule has 34 heavy (non-hydrogen) atoms. The van der Waals surface area contributed by atoms with Crippen LogP contribution in [0.5, 0.6) is 11.6 Å². The predicted molar refractivity (Wildman–Crippen MR) is 137 cm³/mol. The van der Waals surface area contributed by atoms with E-state index in [1.807, 2.05) is 80.5 Å². The normalized spacial score (nSPS) is 10.6. The SMILES string of the molecule is CCc1cc(-c2cccnc2Oc2cc(NC(=O)c3cccc(N(C)C)c3)ccc2C)ccn1. The van der Waals surface area contributed by atoms with E-state index in [-0.39, 0.29) is 5.91 Å². The minimum absolute atomic E-state index is 0.180. The van der Waals surface area contributed by atoms with Crippen LogP contribution in [0.2, 0.25) is 0 Å². The van der Waals surface area contributed by atoms with Crippen molar-refractivity contribution in [1.82, 2.24) is 9.97 Å². The van der Waals surface area contributed by atoms with Crippen molar-refractivity contribution >= 4 is 17.3 Å². The van der Waals surface area contributed by atoms with Gasteiger partial charge in [-0.3, -0.25) is 9.78 Å². The second kappa shape index (κ2) is 10.2. The summed E-state index contributed by atoms with van der Waals surface area (Å²) < 4.78 is 6.26. The number of nitrogens with zero attached hydrogens (tertiary/aromatic N) is 3. The van der Waals surface area contributed by atoms with E-state index in [1.54, 1.807) is 18.5 Å². The Hall–Kier alpha value is -4.19. The van der Waals surface area contributed by atoms with Crippen LogP contribution in [0.25, 0.3) is 11.1 Å². The average molecular weight is 453 g/mol. The third kappa shape index (κ3) is 5.23.